The van der Waals surface area contributed by atoms with E-state index in [4.69, 9.17) is 5.73 Å². The van der Waals surface area contributed by atoms with Crippen LogP contribution >= 0.6 is 0 Å². The van der Waals surface area contributed by atoms with Crippen LogP contribution in [0.2, 0.25) is 0 Å². The van der Waals surface area contributed by atoms with Gasteiger partial charge in [0.1, 0.15) is 0 Å². The monoisotopic (exact) mass is 290 g/mol. The second kappa shape index (κ2) is 5.91. The lowest BCUT2D eigenvalue weighted by Gasteiger charge is -2.22. The second-order valence-corrected chi connectivity index (χ2v) is 4.74. The van der Waals surface area contributed by atoms with Gasteiger partial charge in [0.05, 0.1) is 5.56 Å². The molecule has 21 heavy (non-hydrogen) atoms. The van der Waals surface area contributed by atoms with Gasteiger partial charge in [-0.25, -0.2) is 8.78 Å². The highest BCUT2D eigenvalue weighted by molar-refractivity contribution is 6.09. The van der Waals surface area contributed by atoms with Crippen molar-refractivity contribution in [3.8, 4) is 0 Å². The van der Waals surface area contributed by atoms with E-state index in [2.05, 4.69) is 0 Å². The molecule has 2 aromatic carbocycles. The van der Waals surface area contributed by atoms with Crippen LogP contribution < -0.4 is 10.6 Å². The molecule has 0 aliphatic carbocycles. The Kier molecular flexibility index (Phi) is 4.21. The summed E-state index contributed by atoms with van der Waals surface area (Å²) in [6.07, 6.45) is 0. The van der Waals surface area contributed by atoms with Crippen LogP contribution in [0, 0.1) is 18.6 Å². The van der Waals surface area contributed by atoms with Gasteiger partial charge in [0.15, 0.2) is 11.6 Å². The predicted octanol–water partition coefficient (Wildman–Crippen LogP) is 3.52. The molecule has 0 atom stereocenters. The number of anilines is 2. The van der Waals surface area contributed by atoms with Crippen LogP contribution in [0.3, 0.4) is 0 Å². The molecule has 0 fully saturated rings. The van der Waals surface area contributed by atoms with Crippen molar-refractivity contribution in [2.75, 3.05) is 17.2 Å². The molecule has 2 rings (SSSR count). The largest absolute Gasteiger partial charge is 0.398 e. The summed E-state index contributed by atoms with van der Waals surface area (Å²) in [7, 11) is 0. The fourth-order valence-corrected chi connectivity index (χ4v) is 2.06. The molecule has 0 aliphatic rings. The van der Waals surface area contributed by atoms with Gasteiger partial charge in [-0.05, 0) is 32.0 Å². The SMILES string of the molecule is CCN(C(=O)c1cc(F)c(F)cc1N)c1ccc(C)cc1. The minimum atomic E-state index is -1.09. The first-order valence-corrected chi connectivity index (χ1v) is 6.57. The maximum Gasteiger partial charge on any atom is 0.260 e. The van der Waals surface area contributed by atoms with Crippen LogP contribution in [0.25, 0.3) is 0 Å². The van der Waals surface area contributed by atoms with Gasteiger partial charge in [-0.15, -0.1) is 0 Å². The number of hydrogen-bond acceptors (Lipinski definition) is 2. The third kappa shape index (κ3) is 3.02. The maximum atomic E-state index is 13.3. The third-order valence-electron chi connectivity index (χ3n) is 3.23. The molecule has 0 radical (unpaired) electrons. The van der Waals surface area contributed by atoms with E-state index in [-0.39, 0.29) is 11.3 Å². The molecule has 0 spiro atoms. The van der Waals surface area contributed by atoms with E-state index in [0.29, 0.717) is 12.2 Å². The molecule has 3 nitrogen and oxygen atoms in total. The summed E-state index contributed by atoms with van der Waals surface area (Å²) in [5.74, 6) is -2.62. The normalized spacial score (nSPS) is 10.5. The number of nitrogens with zero attached hydrogens (tertiary/aromatic N) is 1. The van der Waals surface area contributed by atoms with Crippen molar-refractivity contribution in [1.29, 1.82) is 0 Å². The van der Waals surface area contributed by atoms with Gasteiger partial charge in [0, 0.05) is 24.0 Å². The summed E-state index contributed by atoms with van der Waals surface area (Å²) in [6, 6.07) is 9.01. The van der Waals surface area contributed by atoms with Crippen molar-refractivity contribution >= 4 is 17.3 Å². The number of hydrogen-bond donors (Lipinski definition) is 1. The van der Waals surface area contributed by atoms with Crippen molar-refractivity contribution in [1.82, 2.24) is 0 Å². The summed E-state index contributed by atoms with van der Waals surface area (Å²) in [6.45, 7) is 4.13. The Hall–Kier alpha value is -2.43. The Labute approximate surface area is 122 Å². The van der Waals surface area contributed by atoms with Gasteiger partial charge in [0.25, 0.3) is 5.91 Å². The van der Waals surface area contributed by atoms with Gasteiger partial charge in [0.2, 0.25) is 0 Å². The first-order valence-electron chi connectivity index (χ1n) is 6.57. The summed E-state index contributed by atoms with van der Waals surface area (Å²) >= 11 is 0. The molecule has 1 amide bonds. The van der Waals surface area contributed by atoms with E-state index in [9.17, 15) is 13.6 Å². The average molecular weight is 290 g/mol. The van der Waals surface area contributed by atoms with Gasteiger partial charge in [-0.3, -0.25) is 4.79 Å². The highest BCUT2D eigenvalue weighted by Crippen LogP contribution is 2.22. The molecule has 2 aromatic rings. The van der Waals surface area contributed by atoms with E-state index in [1.54, 1.807) is 19.1 Å². The van der Waals surface area contributed by atoms with Crippen LogP contribution in [0.1, 0.15) is 22.8 Å². The number of nitrogens with two attached hydrogens (primary N) is 1. The molecular formula is C16H16F2N2O. The van der Waals surface area contributed by atoms with Crippen LogP contribution in [0.15, 0.2) is 36.4 Å². The summed E-state index contributed by atoms with van der Waals surface area (Å²) in [5.41, 5.74) is 7.25. The Morgan fingerprint density at radius 3 is 2.29 bits per heavy atom. The zero-order valence-corrected chi connectivity index (χ0v) is 11.9. The van der Waals surface area contributed by atoms with Gasteiger partial charge in [-0.1, -0.05) is 17.7 Å². The zero-order chi connectivity index (χ0) is 15.6. The van der Waals surface area contributed by atoms with Gasteiger partial charge < -0.3 is 10.6 Å². The summed E-state index contributed by atoms with van der Waals surface area (Å²) < 4.78 is 26.4. The quantitative estimate of drug-likeness (QED) is 0.879. The predicted molar refractivity (Wildman–Crippen MR) is 79.3 cm³/mol. The van der Waals surface area contributed by atoms with Crippen molar-refractivity contribution in [2.45, 2.75) is 13.8 Å². The number of carbonyl (C=O) groups is 1. The van der Waals surface area contributed by atoms with Crippen molar-refractivity contribution < 1.29 is 13.6 Å². The van der Waals surface area contributed by atoms with Gasteiger partial charge in [-0.2, -0.15) is 0 Å². The van der Waals surface area contributed by atoms with Crippen molar-refractivity contribution in [3.63, 3.8) is 0 Å². The molecule has 2 N–H and O–H groups in total. The summed E-state index contributed by atoms with van der Waals surface area (Å²) in [5, 5.41) is 0. The highest BCUT2D eigenvalue weighted by atomic mass is 19.2. The fraction of sp³-hybridized carbons (Fsp3) is 0.188. The third-order valence-corrected chi connectivity index (χ3v) is 3.23. The standard InChI is InChI=1S/C16H16F2N2O/c1-3-20(11-6-4-10(2)5-7-11)16(21)12-8-13(17)14(18)9-15(12)19/h4-9H,3,19H2,1-2H3. The molecule has 0 saturated heterocycles. The van der Waals surface area contributed by atoms with E-state index in [0.717, 1.165) is 17.7 Å². The maximum absolute atomic E-state index is 13.3. The average Bonchev–Trinajstić information content (AvgIpc) is 2.45. The molecule has 0 heterocycles. The number of halogens is 2. The van der Waals surface area contributed by atoms with E-state index < -0.39 is 17.5 Å². The first kappa shape index (κ1) is 15.0. The molecule has 0 saturated carbocycles. The smallest absolute Gasteiger partial charge is 0.260 e. The Bertz CT molecular complexity index is 669. The van der Waals surface area contributed by atoms with Crippen molar-refractivity contribution in [2.24, 2.45) is 0 Å². The minimum Gasteiger partial charge on any atom is -0.398 e. The number of benzene rings is 2. The van der Waals surface area contributed by atoms with E-state index >= 15 is 0 Å². The minimum absolute atomic E-state index is 0.0451. The van der Waals surface area contributed by atoms with Crippen LogP contribution in [-0.4, -0.2) is 12.5 Å². The van der Waals surface area contributed by atoms with E-state index in [1.165, 1.54) is 4.90 Å². The molecule has 0 bridgehead atoms. The number of rotatable bonds is 3. The van der Waals surface area contributed by atoms with E-state index in [1.807, 2.05) is 19.1 Å². The lowest BCUT2D eigenvalue weighted by atomic mass is 10.1. The van der Waals surface area contributed by atoms with Crippen LogP contribution in [0.5, 0.6) is 0 Å². The highest BCUT2D eigenvalue weighted by Gasteiger charge is 2.20. The van der Waals surface area contributed by atoms with Gasteiger partial charge >= 0.3 is 0 Å². The Balaban J connectivity index is 2.41. The molecule has 110 valence electrons. The Morgan fingerprint density at radius 2 is 1.71 bits per heavy atom. The molecule has 0 aromatic heterocycles. The summed E-state index contributed by atoms with van der Waals surface area (Å²) in [4.78, 5) is 14.0. The fourth-order valence-electron chi connectivity index (χ4n) is 2.06. The molecule has 0 aliphatic heterocycles. The zero-order valence-electron chi connectivity index (χ0n) is 11.9. The number of amides is 1. The lowest BCUT2D eigenvalue weighted by Crippen LogP contribution is -2.31. The number of aryl methyl sites for hydroxylation is 1. The second-order valence-electron chi connectivity index (χ2n) is 4.74. The number of nitrogen functional groups attached to an aromatic ring is 1. The first-order chi connectivity index (χ1) is 9.93. The molecule has 0 unspecified atom stereocenters. The number of carbonyl (C=O) groups excluding carboxylic acids is 1. The lowest BCUT2D eigenvalue weighted by molar-refractivity contribution is 0.0988. The Morgan fingerprint density at radius 1 is 1.14 bits per heavy atom. The van der Waals surface area contributed by atoms with Crippen LogP contribution in [-0.2, 0) is 0 Å². The molecular weight excluding hydrogens is 274 g/mol. The topological polar surface area (TPSA) is 46.3 Å². The molecule has 5 heteroatoms. The van der Waals surface area contributed by atoms with Crippen LogP contribution in [0.4, 0.5) is 20.2 Å². The van der Waals surface area contributed by atoms with Crippen molar-refractivity contribution in [3.05, 3.63) is 59.2 Å².